The molecular formula is C30H33F3N2O3. The number of carbonyl (C=O) groups is 1. The second kappa shape index (κ2) is 10.7. The summed E-state index contributed by atoms with van der Waals surface area (Å²) in [6, 6.07) is 21.9. The Hall–Kier alpha value is -3.52. The number of hydrogen-bond donors (Lipinski definition) is 2. The fraction of sp³-hybridized carbons (Fsp3) is 0.367. The van der Waals surface area contributed by atoms with Crippen LogP contribution in [0.2, 0.25) is 0 Å². The fourth-order valence-corrected chi connectivity index (χ4v) is 5.34. The molecule has 0 saturated carbocycles. The number of rotatable bonds is 9. The van der Waals surface area contributed by atoms with Gasteiger partial charge in [0.1, 0.15) is 17.6 Å². The fourth-order valence-electron chi connectivity index (χ4n) is 5.34. The number of aromatic hydroxyl groups is 1. The Balaban J connectivity index is 1.51. The molecule has 1 atom stereocenters. The van der Waals surface area contributed by atoms with E-state index in [1.165, 1.54) is 6.07 Å². The van der Waals surface area contributed by atoms with Crippen molar-refractivity contribution in [3.05, 3.63) is 95.6 Å². The van der Waals surface area contributed by atoms with Crippen LogP contribution in [0.3, 0.4) is 0 Å². The first-order chi connectivity index (χ1) is 17.9. The number of amides is 1. The van der Waals surface area contributed by atoms with Crippen molar-refractivity contribution in [1.29, 1.82) is 0 Å². The van der Waals surface area contributed by atoms with Gasteiger partial charge in [0.25, 0.3) is 0 Å². The molecule has 202 valence electrons. The maximum absolute atomic E-state index is 13.2. The summed E-state index contributed by atoms with van der Waals surface area (Å²) in [5.41, 5.74) is 5.47. The first kappa shape index (κ1) is 27.5. The summed E-state index contributed by atoms with van der Waals surface area (Å²) in [4.78, 5) is 15.4. The monoisotopic (exact) mass is 526 g/mol. The van der Waals surface area contributed by atoms with E-state index < -0.39 is 28.8 Å². The van der Waals surface area contributed by atoms with Gasteiger partial charge >= 0.3 is 6.18 Å². The molecule has 1 aliphatic heterocycles. The maximum atomic E-state index is 13.2. The Bertz CT molecular complexity index is 1210. The van der Waals surface area contributed by atoms with E-state index in [9.17, 15) is 23.1 Å². The van der Waals surface area contributed by atoms with Gasteiger partial charge in [-0.25, -0.2) is 0 Å². The summed E-state index contributed by atoms with van der Waals surface area (Å²) in [6.07, 6.45) is -3.17. The molecule has 1 heterocycles. The van der Waals surface area contributed by atoms with Crippen molar-refractivity contribution in [2.24, 2.45) is 5.73 Å². The highest BCUT2D eigenvalue weighted by atomic mass is 19.4. The Kier molecular flexibility index (Phi) is 7.74. The molecule has 3 aromatic carbocycles. The average Bonchev–Trinajstić information content (AvgIpc) is 3.34. The zero-order valence-corrected chi connectivity index (χ0v) is 21.5. The lowest BCUT2D eigenvalue weighted by molar-refractivity contribution is -0.137. The van der Waals surface area contributed by atoms with E-state index in [4.69, 9.17) is 10.5 Å². The second-order valence-electron chi connectivity index (χ2n) is 10.5. The maximum Gasteiger partial charge on any atom is 0.416 e. The van der Waals surface area contributed by atoms with Crippen LogP contribution in [0.5, 0.6) is 11.5 Å². The number of nitrogens with two attached hydrogens (primary N) is 1. The number of halogens is 3. The summed E-state index contributed by atoms with van der Waals surface area (Å²) in [5.74, 6) is -0.921. The van der Waals surface area contributed by atoms with Crippen molar-refractivity contribution in [1.82, 2.24) is 4.90 Å². The predicted molar refractivity (Wildman–Crippen MR) is 140 cm³/mol. The minimum atomic E-state index is -4.58. The van der Waals surface area contributed by atoms with Crippen molar-refractivity contribution in [3.63, 3.8) is 0 Å². The Labute approximate surface area is 221 Å². The SMILES string of the molecule is CC(C)(CCC(C(N)=O)(c1ccccc1)c1ccccc1)N1CC[C@@H](Oc2cc(O)cc(C(F)(F)F)c2)C1. The van der Waals surface area contributed by atoms with E-state index >= 15 is 0 Å². The highest BCUT2D eigenvalue weighted by Gasteiger charge is 2.43. The van der Waals surface area contributed by atoms with Crippen LogP contribution in [0.1, 0.15) is 49.8 Å². The highest BCUT2D eigenvalue weighted by Crippen LogP contribution is 2.40. The average molecular weight is 527 g/mol. The standard InChI is InChI=1S/C30H33F3N2O3/c1-28(2,35-16-13-25(20-35)38-26-18-23(30(31,32)33)17-24(36)19-26)14-15-29(27(34)37,21-9-5-3-6-10-21)22-11-7-4-8-12-22/h3-12,17-19,25,36H,13-16,20H2,1-2H3,(H2,34,37)/t25-/m1/s1. The summed E-state index contributed by atoms with van der Waals surface area (Å²) in [5, 5.41) is 9.76. The zero-order valence-electron chi connectivity index (χ0n) is 21.5. The lowest BCUT2D eigenvalue weighted by Crippen LogP contribution is -2.47. The number of phenolic OH excluding ortho intramolecular Hbond substituents is 1. The zero-order chi connectivity index (χ0) is 27.6. The number of likely N-dealkylation sites (tertiary alicyclic amines) is 1. The smallest absolute Gasteiger partial charge is 0.416 e. The third kappa shape index (κ3) is 5.80. The molecule has 1 saturated heterocycles. The first-order valence-electron chi connectivity index (χ1n) is 12.7. The highest BCUT2D eigenvalue weighted by molar-refractivity contribution is 5.90. The Morgan fingerprint density at radius 3 is 2.05 bits per heavy atom. The number of hydrogen-bond acceptors (Lipinski definition) is 4. The number of ether oxygens (including phenoxy) is 1. The van der Waals surface area contributed by atoms with Crippen molar-refractivity contribution < 1.29 is 27.8 Å². The van der Waals surface area contributed by atoms with Gasteiger partial charge in [0, 0.05) is 24.7 Å². The van der Waals surface area contributed by atoms with Crippen LogP contribution in [0, 0.1) is 0 Å². The van der Waals surface area contributed by atoms with Gasteiger partial charge in [0.2, 0.25) is 5.91 Å². The molecule has 0 aliphatic carbocycles. The van der Waals surface area contributed by atoms with Crippen LogP contribution in [0.4, 0.5) is 13.2 Å². The first-order valence-corrected chi connectivity index (χ1v) is 12.7. The largest absolute Gasteiger partial charge is 0.508 e. The number of nitrogens with zero attached hydrogens (tertiary/aromatic N) is 1. The molecule has 0 unspecified atom stereocenters. The normalized spacial score (nSPS) is 16.9. The van der Waals surface area contributed by atoms with Crippen LogP contribution in [0.15, 0.2) is 78.9 Å². The molecule has 38 heavy (non-hydrogen) atoms. The number of carbonyl (C=O) groups excluding carboxylic acids is 1. The molecule has 0 aromatic heterocycles. The van der Waals surface area contributed by atoms with Crippen molar-refractivity contribution in [2.45, 2.75) is 56.3 Å². The third-order valence-corrected chi connectivity index (χ3v) is 7.59. The van der Waals surface area contributed by atoms with Gasteiger partial charge in [-0.05, 0) is 56.4 Å². The minimum absolute atomic E-state index is 0.0112. The minimum Gasteiger partial charge on any atom is -0.508 e. The van der Waals surface area contributed by atoms with Crippen LogP contribution in [-0.2, 0) is 16.4 Å². The van der Waals surface area contributed by atoms with Crippen LogP contribution in [0.25, 0.3) is 0 Å². The van der Waals surface area contributed by atoms with Gasteiger partial charge in [0.05, 0.1) is 11.0 Å². The van der Waals surface area contributed by atoms with E-state index in [-0.39, 0.29) is 17.4 Å². The van der Waals surface area contributed by atoms with Crippen LogP contribution < -0.4 is 10.5 Å². The topological polar surface area (TPSA) is 75.8 Å². The molecule has 3 N–H and O–H groups in total. The number of benzene rings is 3. The molecule has 1 amide bonds. The van der Waals surface area contributed by atoms with Crippen LogP contribution >= 0.6 is 0 Å². The second-order valence-corrected chi connectivity index (χ2v) is 10.5. The van der Waals surface area contributed by atoms with E-state index in [2.05, 4.69) is 18.7 Å². The molecule has 1 fully saturated rings. The molecule has 4 rings (SSSR count). The molecule has 3 aromatic rings. The number of phenols is 1. The van der Waals surface area contributed by atoms with Gasteiger partial charge in [0.15, 0.2) is 0 Å². The summed E-state index contributed by atoms with van der Waals surface area (Å²) < 4.78 is 45.3. The van der Waals surface area contributed by atoms with Gasteiger partial charge < -0.3 is 15.6 Å². The summed E-state index contributed by atoms with van der Waals surface area (Å²) in [6.45, 7) is 5.37. The van der Waals surface area contributed by atoms with Crippen molar-refractivity contribution in [2.75, 3.05) is 13.1 Å². The molecule has 1 aliphatic rings. The van der Waals surface area contributed by atoms with Crippen molar-refractivity contribution in [3.8, 4) is 11.5 Å². The predicted octanol–water partition coefficient (Wildman–Crippen LogP) is 5.89. The van der Waals surface area contributed by atoms with Crippen molar-refractivity contribution >= 4 is 5.91 Å². The molecule has 5 nitrogen and oxygen atoms in total. The Morgan fingerprint density at radius 1 is 0.947 bits per heavy atom. The quantitative estimate of drug-likeness (QED) is 0.364. The molecular weight excluding hydrogens is 493 g/mol. The number of alkyl halides is 3. The van der Waals surface area contributed by atoms with E-state index in [1.54, 1.807) is 0 Å². The molecule has 8 heteroatoms. The van der Waals surface area contributed by atoms with Gasteiger partial charge in [-0.15, -0.1) is 0 Å². The molecule has 0 radical (unpaired) electrons. The Morgan fingerprint density at radius 2 is 1.53 bits per heavy atom. The van der Waals surface area contributed by atoms with Crippen LogP contribution in [-0.4, -0.2) is 40.6 Å². The number of primary amides is 1. The summed E-state index contributed by atoms with van der Waals surface area (Å²) >= 11 is 0. The van der Waals surface area contributed by atoms with Gasteiger partial charge in [-0.1, -0.05) is 60.7 Å². The van der Waals surface area contributed by atoms with Gasteiger partial charge in [-0.3, -0.25) is 9.69 Å². The van der Waals surface area contributed by atoms with E-state index in [1.807, 2.05) is 60.7 Å². The lowest BCUT2D eigenvalue weighted by Gasteiger charge is -2.40. The third-order valence-electron chi connectivity index (χ3n) is 7.59. The van der Waals surface area contributed by atoms with E-state index in [0.29, 0.717) is 38.4 Å². The molecule has 0 spiro atoms. The van der Waals surface area contributed by atoms with Gasteiger partial charge in [-0.2, -0.15) is 13.2 Å². The lowest BCUT2D eigenvalue weighted by atomic mass is 9.69. The molecule has 0 bridgehead atoms. The summed E-state index contributed by atoms with van der Waals surface area (Å²) in [7, 11) is 0. The van der Waals surface area contributed by atoms with E-state index in [0.717, 1.165) is 17.2 Å².